The molecule has 0 bridgehead atoms. The van der Waals surface area contributed by atoms with Gasteiger partial charge in [-0.05, 0) is 38.6 Å². The molecular weight excluding hydrogens is 174 g/mol. The normalized spacial score (nSPS) is 13.1. The highest BCUT2D eigenvalue weighted by Crippen LogP contribution is 2.01. The zero-order chi connectivity index (χ0) is 10.6. The van der Waals surface area contributed by atoms with E-state index in [1.807, 2.05) is 0 Å². The van der Waals surface area contributed by atoms with Crippen molar-refractivity contribution in [3.8, 4) is 0 Å². The summed E-state index contributed by atoms with van der Waals surface area (Å²) < 4.78 is 5.01. The Morgan fingerprint density at radius 3 is 2.50 bits per heavy atom. The van der Waals surface area contributed by atoms with Gasteiger partial charge < -0.3 is 10.1 Å². The fourth-order valence-electron chi connectivity index (χ4n) is 1.65. The van der Waals surface area contributed by atoms with Gasteiger partial charge in [0, 0.05) is 19.8 Å². The Kier molecular flexibility index (Phi) is 10.9. The number of unbranched alkanes of at least 4 members (excludes halogenated alkanes) is 2. The predicted molar refractivity (Wildman–Crippen MR) is 62.7 cm³/mol. The largest absolute Gasteiger partial charge is 0.385 e. The molecule has 0 aromatic rings. The van der Waals surface area contributed by atoms with E-state index in [1.54, 1.807) is 7.11 Å². The zero-order valence-corrected chi connectivity index (χ0v) is 10.1. The van der Waals surface area contributed by atoms with Gasteiger partial charge in [-0.1, -0.05) is 20.3 Å². The van der Waals surface area contributed by atoms with Crippen LogP contribution in [0.25, 0.3) is 0 Å². The SMILES string of the molecule is CCCC(CC)NCCCCCOC. The van der Waals surface area contributed by atoms with Crippen molar-refractivity contribution in [2.75, 3.05) is 20.3 Å². The molecule has 0 saturated heterocycles. The maximum atomic E-state index is 5.01. The lowest BCUT2D eigenvalue weighted by Gasteiger charge is -2.15. The van der Waals surface area contributed by atoms with Crippen molar-refractivity contribution < 1.29 is 4.74 Å². The zero-order valence-electron chi connectivity index (χ0n) is 10.1. The quantitative estimate of drug-likeness (QED) is 0.549. The maximum absolute atomic E-state index is 5.01. The van der Waals surface area contributed by atoms with Gasteiger partial charge in [-0.3, -0.25) is 0 Å². The Hall–Kier alpha value is -0.0800. The number of hydrogen-bond donors (Lipinski definition) is 1. The topological polar surface area (TPSA) is 21.3 Å². The van der Waals surface area contributed by atoms with E-state index in [0.717, 1.165) is 12.6 Å². The fourth-order valence-corrected chi connectivity index (χ4v) is 1.65. The molecule has 0 rings (SSSR count). The van der Waals surface area contributed by atoms with Gasteiger partial charge in [0.1, 0.15) is 0 Å². The molecule has 2 nitrogen and oxygen atoms in total. The van der Waals surface area contributed by atoms with Crippen LogP contribution in [0.2, 0.25) is 0 Å². The molecule has 86 valence electrons. The smallest absolute Gasteiger partial charge is 0.0462 e. The third-order valence-electron chi connectivity index (χ3n) is 2.59. The van der Waals surface area contributed by atoms with Gasteiger partial charge in [-0.15, -0.1) is 0 Å². The third-order valence-corrected chi connectivity index (χ3v) is 2.59. The number of methoxy groups -OCH3 is 1. The average Bonchev–Trinajstić information content (AvgIpc) is 2.21. The predicted octanol–water partition coefficient (Wildman–Crippen LogP) is 2.97. The van der Waals surface area contributed by atoms with Crippen molar-refractivity contribution in [1.82, 2.24) is 5.32 Å². The second-order valence-electron chi connectivity index (χ2n) is 3.90. The van der Waals surface area contributed by atoms with Crippen LogP contribution < -0.4 is 5.32 Å². The van der Waals surface area contributed by atoms with Gasteiger partial charge in [-0.25, -0.2) is 0 Å². The first kappa shape index (κ1) is 13.9. The highest BCUT2D eigenvalue weighted by atomic mass is 16.5. The van der Waals surface area contributed by atoms with E-state index in [1.165, 1.54) is 45.1 Å². The van der Waals surface area contributed by atoms with Crippen LogP contribution >= 0.6 is 0 Å². The number of hydrogen-bond acceptors (Lipinski definition) is 2. The summed E-state index contributed by atoms with van der Waals surface area (Å²) in [6.45, 7) is 6.59. The van der Waals surface area contributed by atoms with E-state index in [2.05, 4.69) is 19.2 Å². The van der Waals surface area contributed by atoms with Crippen LogP contribution in [0.5, 0.6) is 0 Å². The second-order valence-corrected chi connectivity index (χ2v) is 3.90. The lowest BCUT2D eigenvalue weighted by molar-refractivity contribution is 0.192. The molecule has 0 saturated carbocycles. The minimum atomic E-state index is 0.738. The summed E-state index contributed by atoms with van der Waals surface area (Å²) in [5, 5.41) is 3.61. The monoisotopic (exact) mass is 201 g/mol. The molecule has 0 heterocycles. The summed E-state index contributed by atoms with van der Waals surface area (Å²) in [6.07, 6.45) is 7.62. The first-order valence-corrected chi connectivity index (χ1v) is 6.07. The van der Waals surface area contributed by atoms with Crippen molar-refractivity contribution in [3.05, 3.63) is 0 Å². The van der Waals surface area contributed by atoms with Crippen LogP contribution in [0.15, 0.2) is 0 Å². The van der Waals surface area contributed by atoms with Crippen LogP contribution in [0.1, 0.15) is 52.4 Å². The standard InChI is InChI=1S/C12H27NO/c1-4-9-12(5-2)13-10-7-6-8-11-14-3/h12-13H,4-11H2,1-3H3. The van der Waals surface area contributed by atoms with Gasteiger partial charge in [-0.2, -0.15) is 0 Å². The summed E-state index contributed by atoms with van der Waals surface area (Å²) in [5.41, 5.74) is 0. The van der Waals surface area contributed by atoms with Crippen molar-refractivity contribution in [2.45, 2.75) is 58.4 Å². The van der Waals surface area contributed by atoms with Gasteiger partial charge in [0.25, 0.3) is 0 Å². The summed E-state index contributed by atoms with van der Waals surface area (Å²) in [6, 6.07) is 0.738. The molecule has 0 aromatic carbocycles. The molecule has 0 aliphatic carbocycles. The Bertz CT molecular complexity index is 106. The second kappa shape index (κ2) is 11.0. The lowest BCUT2D eigenvalue weighted by Crippen LogP contribution is -2.29. The molecule has 1 unspecified atom stereocenters. The first-order valence-electron chi connectivity index (χ1n) is 6.07. The lowest BCUT2D eigenvalue weighted by atomic mass is 10.1. The third kappa shape index (κ3) is 8.52. The molecule has 2 heteroatoms. The van der Waals surface area contributed by atoms with E-state index in [0.29, 0.717) is 0 Å². The van der Waals surface area contributed by atoms with Crippen LogP contribution in [-0.2, 0) is 4.74 Å². The highest BCUT2D eigenvalue weighted by Gasteiger charge is 2.02. The Morgan fingerprint density at radius 2 is 1.93 bits per heavy atom. The summed E-state index contributed by atoms with van der Waals surface area (Å²) >= 11 is 0. The Morgan fingerprint density at radius 1 is 1.14 bits per heavy atom. The van der Waals surface area contributed by atoms with E-state index in [9.17, 15) is 0 Å². The molecule has 14 heavy (non-hydrogen) atoms. The van der Waals surface area contributed by atoms with E-state index in [-0.39, 0.29) is 0 Å². The minimum absolute atomic E-state index is 0.738. The van der Waals surface area contributed by atoms with E-state index in [4.69, 9.17) is 4.74 Å². The van der Waals surface area contributed by atoms with Gasteiger partial charge >= 0.3 is 0 Å². The molecule has 1 N–H and O–H groups in total. The minimum Gasteiger partial charge on any atom is -0.385 e. The molecule has 0 spiro atoms. The Balaban J connectivity index is 3.15. The molecule has 0 amide bonds. The molecule has 1 atom stereocenters. The van der Waals surface area contributed by atoms with Crippen LogP contribution in [-0.4, -0.2) is 26.3 Å². The van der Waals surface area contributed by atoms with Crippen molar-refractivity contribution >= 4 is 0 Å². The van der Waals surface area contributed by atoms with Crippen LogP contribution in [0.3, 0.4) is 0 Å². The van der Waals surface area contributed by atoms with E-state index < -0.39 is 0 Å². The molecule has 0 aliphatic heterocycles. The van der Waals surface area contributed by atoms with Gasteiger partial charge in [0.15, 0.2) is 0 Å². The molecular formula is C12H27NO. The summed E-state index contributed by atoms with van der Waals surface area (Å²) in [7, 11) is 1.77. The van der Waals surface area contributed by atoms with Crippen molar-refractivity contribution in [2.24, 2.45) is 0 Å². The number of ether oxygens (including phenoxy) is 1. The number of nitrogens with one attached hydrogen (secondary N) is 1. The first-order chi connectivity index (χ1) is 6.85. The summed E-state index contributed by atoms with van der Waals surface area (Å²) in [4.78, 5) is 0. The van der Waals surface area contributed by atoms with Gasteiger partial charge in [0.2, 0.25) is 0 Å². The van der Waals surface area contributed by atoms with E-state index >= 15 is 0 Å². The molecule has 0 aromatic heterocycles. The van der Waals surface area contributed by atoms with Gasteiger partial charge in [0.05, 0.1) is 0 Å². The Labute approximate surface area is 89.4 Å². The fraction of sp³-hybridized carbons (Fsp3) is 1.00. The van der Waals surface area contributed by atoms with Crippen molar-refractivity contribution in [3.63, 3.8) is 0 Å². The van der Waals surface area contributed by atoms with Crippen LogP contribution in [0, 0.1) is 0 Å². The van der Waals surface area contributed by atoms with Crippen molar-refractivity contribution in [1.29, 1.82) is 0 Å². The summed E-state index contributed by atoms with van der Waals surface area (Å²) in [5.74, 6) is 0. The molecule has 0 fully saturated rings. The maximum Gasteiger partial charge on any atom is 0.0462 e. The molecule has 0 radical (unpaired) electrons. The average molecular weight is 201 g/mol. The highest BCUT2D eigenvalue weighted by molar-refractivity contribution is 4.63. The van der Waals surface area contributed by atoms with Crippen LogP contribution in [0.4, 0.5) is 0 Å². The number of rotatable bonds is 10. The molecule has 0 aliphatic rings.